The number of pyridine rings is 1. The molecule has 2 aliphatic heterocycles. The number of anilines is 1. The number of rotatable bonds is 4. The number of ether oxygens (including phenoxy) is 2. The third-order valence-electron chi connectivity index (χ3n) is 5.01. The van der Waals surface area contributed by atoms with E-state index in [2.05, 4.69) is 29.0 Å². The van der Waals surface area contributed by atoms with E-state index in [0.717, 1.165) is 35.8 Å². The SMILES string of the molecule is C[C@@H]1CN(c2ccc(CNC(=O)[C@H]3Cc4cc(Cl)ccc4O3)cn2)C[C@H](C)O1. The number of halogens is 1. The number of carbonyl (C=O) groups is 1. The average molecular weight is 402 g/mol. The zero-order valence-corrected chi connectivity index (χ0v) is 16.8. The number of amides is 1. The second-order valence-electron chi connectivity index (χ2n) is 7.47. The summed E-state index contributed by atoms with van der Waals surface area (Å²) >= 11 is 6.00. The molecular formula is C21H24ClN3O3. The van der Waals surface area contributed by atoms with Crippen LogP contribution in [0.2, 0.25) is 5.02 Å². The minimum absolute atomic E-state index is 0.132. The minimum Gasteiger partial charge on any atom is -0.480 e. The Morgan fingerprint density at radius 2 is 2.04 bits per heavy atom. The number of nitrogens with one attached hydrogen (secondary N) is 1. The molecule has 7 heteroatoms. The fourth-order valence-corrected chi connectivity index (χ4v) is 3.93. The summed E-state index contributed by atoms with van der Waals surface area (Å²) in [4.78, 5) is 19.2. The Balaban J connectivity index is 1.31. The molecule has 2 aliphatic rings. The van der Waals surface area contributed by atoms with Gasteiger partial charge in [0.1, 0.15) is 11.6 Å². The normalized spacial score (nSPS) is 23.8. The molecule has 1 N–H and O–H groups in total. The van der Waals surface area contributed by atoms with Gasteiger partial charge in [0.15, 0.2) is 6.10 Å². The molecule has 1 saturated heterocycles. The first kappa shape index (κ1) is 19.0. The lowest BCUT2D eigenvalue weighted by molar-refractivity contribution is -0.127. The number of fused-ring (bicyclic) bond motifs is 1. The van der Waals surface area contributed by atoms with Crippen LogP contribution >= 0.6 is 11.6 Å². The van der Waals surface area contributed by atoms with Gasteiger partial charge < -0.3 is 19.7 Å². The van der Waals surface area contributed by atoms with Crippen molar-refractivity contribution >= 4 is 23.3 Å². The Morgan fingerprint density at radius 3 is 2.75 bits per heavy atom. The van der Waals surface area contributed by atoms with Gasteiger partial charge >= 0.3 is 0 Å². The molecule has 1 amide bonds. The molecule has 3 atom stereocenters. The van der Waals surface area contributed by atoms with Crippen LogP contribution in [0.3, 0.4) is 0 Å². The molecule has 6 nitrogen and oxygen atoms in total. The van der Waals surface area contributed by atoms with Crippen molar-refractivity contribution in [2.24, 2.45) is 0 Å². The van der Waals surface area contributed by atoms with Crippen molar-refractivity contribution in [3.8, 4) is 5.75 Å². The van der Waals surface area contributed by atoms with Crippen molar-refractivity contribution in [3.63, 3.8) is 0 Å². The molecule has 1 aromatic carbocycles. The maximum atomic E-state index is 12.4. The molecule has 148 valence electrons. The van der Waals surface area contributed by atoms with Crippen molar-refractivity contribution in [1.29, 1.82) is 0 Å². The van der Waals surface area contributed by atoms with Crippen molar-refractivity contribution in [3.05, 3.63) is 52.7 Å². The topological polar surface area (TPSA) is 63.7 Å². The highest BCUT2D eigenvalue weighted by Gasteiger charge is 2.29. The number of hydrogen-bond acceptors (Lipinski definition) is 5. The van der Waals surface area contributed by atoms with E-state index in [1.54, 1.807) is 12.1 Å². The van der Waals surface area contributed by atoms with E-state index in [9.17, 15) is 4.79 Å². The summed E-state index contributed by atoms with van der Waals surface area (Å²) in [5.74, 6) is 1.53. The zero-order valence-electron chi connectivity index (χ0n) is 16.0. The van der Waals surface area contributed by atoms with Crippen molar-refractivity contribution in [1.82, 2.24) is 10.3 Å². The highest BCUT2D eigenvalue weighted by Crippen LogP contribution is 2.31. The number of hydrogen-bond donors (Lipinski definition) is 1. The first-order chi connectivity index (χ1) is 13.5. The summed E-state index contributed by atoms with van der Waals surface area (Å²) < 4.78 is 11.5. The molecule has 3 heterocycles. The van der Waals surface area contributed by atoms with Gasteiger partial charge in [-0.15, -0.1) is 0 Å². The summed E-state index contributed by atoms with van der Waals surface area (Å²) in [7, 11) is 0. The second kappa shape index (κ2) is 7.97. The van der Waals surface area contributed by atoms with Crippen LogP contribution in [0.25, 0.3) is 0 Å². The van der Waals surface area contributed by atoms with E-state index < -0.39 is 6.10 Å². The molecule has 0 radical (unpaired) electrons. The van der Waals surface area contributed by atoms with E-state index in [0.29, 0.717) is 18.0 Å². The van der Waals surface area contributed by atoms with Crippen LogP contribution in [0.4, 0.5) is 5.82 Å². The highest BCUT2D eigenvalue weighted by molar-refractivity contribution is 6.30. The third kappa shape index (κ3) is 4.23. The number of aromatic nitrogens is 1. The van der Waals surface area contributed by atoms with E-state index in [4.69, 9.17) is 21.1 Å². The van der Waals surface area contributed by atoms with Gasteiger partial charge in [0.2, 0.25) is 0 Å². The van der Waals surface area contributed by atoms with Crippen LogP contribution in [0, 0.1) is 0 Å². The first-order valence-corrected chi connectivity index (χ1v) is 9.94. The van der Waals surface area contributed by atoms with E-state index in [1.807, 2.05) is 24.4 Å². The van der Waals surface area contributed by atoms with Gasteiger partial charge in [-0.05, 0) is 49.2 Å². The molecule has 28 heavy (non-hydrogen) atoms. The van der Waals surface area contributed by atoms with Crippen LogP contribution < -0.4 is 15.0 Å². The predicted molar refractivity (Wildman–Crippen MR) is 108 cm³/mol. The average Bonchev–Trinajstić information content (AvgIpc) is 3.09. The maximum Gasteiger partial charge on any atom is 0.261 e. The number of carbonyl (C=O) groups excluding carboxylic acids is 1. The Kier molecular flexibility index (Phi) is 5.42. The molecule has 0 bridgehead atoms. The molecule has 2 aromatic rings. The van der Waals surface area contributed by atoms with Gasteiger partial charge in [-0.25, -0.2) is 4.98 Å². The lowest BCUT2D eigenvalue weighted by atomic mass is 10.1. The standard InChI is InChI=1S/C21H24ClN3O3/c1-13-11-25(12-14(2)27-13)20-6-3-15(9-23-20)10-24-21(26)19-8-16-7-17(22)4-5-18(16)28-19/h3-7,9,13-14,19H,8,10-12H2,1-2H3,(H,24,26)/t13-,14+,19-/m1/s1. The van der Waals surface area contributed by atoms with E-state index in [-0.39, 0.29) is 18.1 Å². The molecule has 1 fully saturated rings. The Bertz CT molecular complexity index is 848. The summed E-state index contributed by atoms with van der Waals surface area (Å²) in [6, 6.07) is 9.42. The van der Waals surface area contributed by atoms with Crippen molar-refractivity contribution in [2.45, 2.75) is 45.1 Å². The summed E-state index contributed by atoms with van der Waals surface area (Å²) in [5.41, 5.74) is 1.91. The quantitative estimate of drug-likeness (QED) is 0.853. The van der Waals surface area contributed by atoms with Gasteiger partial charge in [-0.2, -0.15) is 0 Å². The number of benzene rings is 1. The fourth-order valence-electron chi connectivity index (χ4n) is 3.74. The molecule has 1 aromatic heterocycles. The van der Waals surface area contributed by atoms with Crippen LogP contribution in [0.1, 0.15) is 25.0 Å². The van der Waals surface area contributed by atoms with Crippen molar-refractivity contribution < 1.29 is 14.3 Å². The molecular weight excluding hydrogens is 378 g/mol. The van der Waals surface area contributed by atoms with Crippen LogP contribution in [0.15, 0.2) is 36.5 Å². The zero-order chi connectivity index (χ0) is 19.7. The van der Waals surface area contributed by atoms with Crippen molar-refractivity contribution in [2.75, 3.05) is 18.0 Å². The molecule has 0 unspecified atom stereocenters. The smallest absolute Gasteiger partial charge is 0.261 e. The van der Waals surface area contributed by atoms with E-state index >= 15 is 0 Å². The third-order valence-corrected chi connectivity index (χ3v) is 5.24. The largest absolute Gasteiger partial charge is 0.480 e. The highest BCUT2D eigenvalue weighted by atomic mass is 35.5. The number of nitrogens with zero attached hydrogens (tertiary/aromatic N) is 2. The van der Waals surface area contributed by atoms with Gasteiger partial charge in [-0.1, -0.05) is 17.7 Å². The molecule has 0 saturated carbocycles. The Hall–Kier alpha value is -2.31. The van der Waals surface area contributed by atoms with Crippen LogP contribution in [0.5, 0.6) is 5.75 Å². The van der Waals surface area contributed by atoms with Gasteiger partial charge in [0.05, 0.1) is 12.2 Å². The molecule has 4 rings (SSSR count). The van der Waals surface area contributed by atoms with Gasteiger partial charge in [-0.3, -0.25) is 4.79 Å². The Labute approximate surface area is 169 Å². The van der Waals surface area contributed by atoms with E-state index in [1.165, 1.54) is 0 Å². The lowest BCUT2D eigenvalue weighted by Crippen LogP contribution is -2.45. The van der Waals surface area contributed by atoms with Gasteiger partial charge in [0.25, 0.3) is 5.91 Å². The molecule has 0 aliphatic carbocycles. The summed E-state index contributed by atoms with van der Waals surface area (Å²) in [5, 5.41) is 3.58. The minimum atomic E-state index is -0.517. The summed E-state index contributed by atoms with van der Waals surface area (Å²) in [6.07, 6.45) is 2.21. The molecule has 0 spiro atoms. The van der Waals surface area contributed by atoms with Crippen LogP contribution in [-0.4, -0.2) is 42.3 Å². The van der Waals surface area contributed by atoms with Gasteiger partial charge in [0, 0.05) is 37.3 Å². The fraction of sp³-hybridized carbons (Fsp3) is 0.429. The van der Waals surface area contributed by atoms with Crippen LogP contribution in [-0.2, 0) is 22.5 Å². The number of morpholine rings is 1. The Morgan fingerprint density at radius 1 is 1.25 bits per heavy atom. The second-order valence-corrected chi connectivity index (χ2v) is 7.90. The summed E-state index contributed by atoms with van der Waals surface area (Å²) in [6.45, 7) is 6.22. The monoisotopic (exact) mass is 401 g/mol. The maximum absolute atomic E-state index is 12.4. The lowest BCUT2D eigenvalue weighted by Gasteiger charge is -2.36. The first-order valence-electron chi connectivity index (χ1n) is 9.56. The predicted octanol–water partition coefficient (Wildman–Crippen LogP) is 2.97.